The second-order valence-corrected chi connectivity index (χ2v) is 10.3. The fourth-order valence-corrected chi connectivity index (χ4v) is 6.19. The second kappa shape index (κ2) is 8.69. The number of halogens is 1. The molecule has 1 aliphatic heterocycles. The Balaban J connectivity index is 1.60. The number of aliphatic hydroxyl groups excluding tert-OH is 1. The fraction of sp³-hybridized carbons (Fsp3) is 0.421. The van der Waals surface area contributed by atoms with Crippen LogP contribution in [0.5, 0.6) is 0 Å². The molecule has 0 radical (unpaired) electrons. The van der Waals surface area contributed by atoms with Gasteiger partial charge in [0, 0.05) is 24.5 Å². The van der Waals surface area contributed by atoms with E-state index in [2.05, 4.69) is 5.32 Å². The predicted molar refractivity (Wildman–Crippen MR) is 105 cm³/mol. The van der Waals surface area contributed by atoms with Crippen molar-refractivity contribution in [3.05, 3.63) is 52.7 Å². The number of nitrogens with one attached hydrogen (secondary N) is 1. The van der Waals surface area contributed by atoms with Crippen LogP contribution in [0.25, 0.3) is 0 Å². The molecule has 0 aliphatic carbocycles. The summed E-state index contributed by atoms with van der Waals surface area (Å²) in [5.74, 6) is -1.25. The predicted octanol–water partition coefficient (Wildman–Crippen LogP) is 2.45. The normalized spacial score (nSPS) is 19.3. The van der Waals surface area contributed by atoms with Gasteiger partial charge in [0.25, 0.3) is 10.0 Å². The zero-order valence-corrected chi connectivity index (χ0v) is 17.1. The average Bonchev–Trinajstić information content (AvgIpc) is 3.13. The fourth-order valence-electron chi connectivity index (χ4n) is 3.23. The van der Waals surface area contributed by atoms with E-state index in [1.807, 2.05) is 6.92 Å². The summed E-state index contributed by atoms with van der Waals surface area (Å²) in [4.78, 5) is 13.4. The molecule has 1 saturated heterocycles. The number of hydrogen-bond acceptors (Lipinski definition) is 5. The lowest BCUT2D eigenvalue weighted by Crippen LogP contribution is -2.45. The highest BCUT2D eigenvalue weighted by Crippen LogP contribution is 2.28. The molecule has 1 aliphatic rings. The Hall–Kier alpha value is -1.81. The van der Waals surface area contributed by atoms with E-state index in [1.165, 1.54) is 33.8 Å². The van der Waals surface area contributed by atoms with Gasteiger partial charge in [0.2, 0.25) is 5.91 Å². The minimum atomic E-state index is -3.61. The van der Waals surface area contributed by atoms with Gasteiger partial charge < -0.3 is 10.4 Å². The van der Waals surface area contributed by atoms with Gasteiger partial charge in [-0.2, -0.15) is 4.31 Å². The summed E-state index contributed by atoms with van der Waals surface area (Å²) in [6.07, 6.45) is 0.142. The summed E-state index contributed by atoms with van der Waals surface area (Å²) in [6.45, 7) is 2.28. The molecule has 1 aromatic heterocycles. The highest BCUT2D eigenvalue weighted by Gasteiger charge is 2.34. The van der Waals surface area contributed by atoms with Crippen molar-refractivity contribution in [3.8, 4) is 0 Å². The summed E-state index contributed by atoms with van der Waals surface area (Å²) in [7, 11) is -3.61. The van der Waals surface area contributed by atoms with Crippen LogP contribution in [0.4, 0.5) is 4.39 Å². The molecular formula is C19H23FN2O4S2. The molecule has 6 nitrogen and oxygen atoms in total. The van der Waals surface area contributed by atoms with Crippen molar-refractivity contribution in [1.29, 1.82) is 0 Å². The molecular weight excluding hydrogens is 403 g/mol. The summed E-state index contributed by atoms with van der Waals surface area (Å²) < 4.78 is 40.5. The lowest BCUT2D eigenvalue weighted by Gasteiger charge is -2.31. The third kappa shape index (κ3) is 4.78. The van der Waals surface area contributed by atoms with Gasteiger partial charge in [-0.05, 0) is 49.6 Å². The van der Waals surface area contributed by atoms with Gasteiger partial charge in [0.05, 0.1) is 12.0 Å². The maximum absolute atomic E-state index is 13.3. The molecule has 0 spiro atoms. The van der Waals surface area contributed by atoms with Crippen LogP contribution in [-0.4, -0.2) is 43.4 Å². The maximum Gasteiger partial charge on any atom is 0.252 e. The molecule has 2 atom stereocenters. The summed E-state index contributed by atoms with van der Waals surface area (Å²) >= 11 is 1.22. The molecule has 1 fully saturated rings. The summed E-state index contributed by atoms with van der Waals surface area (Å²) in [6, 6.07) is 8.92. The van der Waals surface area contributed by atoms with E-state index in [1.54, 1.807) is 18.2 Å². The first kappa shape index (κ1) is 20.9. The smallest absolute Gasteiger partial charge is 0.252 e. The SMILES string of the molecule is Cc1ccc(S(=O)(=O)N2CCCC(C(=O)NCC(O)c3cccc(F)c3)C2)s1. The van der Waals surface area contributed by atoms with Crippen molar-refractivity contribution in [1.82, 2.24) is 9.62 Å². The molecule has 1 amide bonds. The van der Waals surface area contributed by atoms with Gasteiger partial charge in [-0.15, -0.1) is 11.3 Å². The van der Waals surface area contributed by atoms with Gasteiger partial charge >= 0.3 is 0 Å². The topological polar surface area (TPSA) is 86.7 Å². The third-order valence-electron chi connectivity index (χ3n) is 4.77. The minimum Gasteiger partial charge on any atom is -0.387 e. The Labute approximate surface area is 168 Å². The first-order valence-electron chi connectivity index (χ1n) is 9.05. The van der Waals surface area contributed by atoms with Gasteiger partial charge in [-0.25, -0.2) is 12.8 Å². The number of rotatable bonds is 6. The highest BCUT2D eigenvalue weighted by molar-refractivity contribution is 7.91. The van der Waals surface area contributed by atoms with Crippen molar-refractivity contribution in [3.63, 3.8) is 0 Å². The number of piperidine rings is 1. The molecule has 28 heavy (non-hydrogen) atoms. The lowest BCUT2D eigenvalue weighted by atomic mass is 9.98. The standard InChI is InChI=1S/C19H23FN2O4S2/c1-13-7-8-18(27-13)28(25,26)22-9-3-5-15(12-22)19(24)21-11-17(23)14-4-2-6-16(20)10-14/h2,4,6-8,10,15,17,23H,3,5,9,11-12H2,1H3,(H,21,24). The molecule has 2 N–H and O–H groups in total. The molecule has 0 saturated carbocycles. The molecule has 0 bridgehead atoms. The van der Waals surface area contributed by atoms with Gasteiger partial charge in [-0.3, -0.25) is 4.79 Å². The van der Waals surface area contributed by atoms with Crippen molar-refractivity contribution in [2.45, 2.75) is 30.1 Å². The monoisotopic (exact) mass is 426 g/mol. The number of sulfonamides is 1. The first-order valence-corrected chi connectivity index (χ1v) is 11.3. The number of carbonyl (C=O) groups is 1. The molecule has 2 aromatic rings. The zero-order chi connectivity index (χ0) is 20.3. The molecule has 2 heterocycles. The van der Waals surface area contributed by atoms with Crippen molar-refractivity contribution >= 4 is 27.3 Å². The number of amides is 1. The van der Waals surface area contributed by atoms with Crippen molar-refractivity contribution in [2.75, 3.05) is 19.6 Å². The van der Waals surface area contributed by atoms with Crippen LogP contribution in [0.3, 0.4) is 0 Å². The van der Waals surface area contributed by atoms with E-state index < -0.39 is 27.9 Å². The maximum atomic E-state index is 13.3. The number of thiophene rings is 1. The van der Waals surface area contributed by atoms with E-state index >= 15 is 0 Å². The number of aliphatic hydroxyl groups is 1. The Morgan fingerprint density at radius 2 is 2.18 bits per heavy atom. The number of nitrogens with zero attached hydrogens (tertiary/aromatic N) is 1. The van der Waals surface area contributed by atoms with E-state index in [4.69, 9.17) is 0 Å². The van der Waals surface area contributed by atoms with E-state index in [-0.39, 0.29) is 23.2 Å². The third-order valence-corrected chi connectivity index (χ3v) is 8.10. The van der Waals surface area contributed by atoms with Crippen molar-refractivity contribution in [2.24, 2.45) is 5.92 Å². The highest BCUT2D eigenvalue weighted by atomic mass is 32.2. The van der Waals surface area contributed by atoms with Crippen LogP contribution >= 0.6 is 11.3 Å². The number of aryl methyl sites for hydroxylation is 1. The second-order valence-electron chi connectivity index (χ2n) is 6.88. The summed E-state index contributed by atoms with van der Waals surface area (Å²) in [5, 5.41) is 12.8. The van der Waals surface area contributed by atoms with Gasteiger partial charge in [0.1, 0.15) is 10.0 Å². The largest absolute Gasteiger partial charge is 0.387 e. The molecule has 2 unspecified atom stereocenters. The molecule has 1 aromatic carbocycles. The van der Waals surface area contributed by atoms with Crippen LogP contribution in [0, 0.1) is 18.7 Å². The minimum absolute atomic E-state index is 0.0599. The van der Waals surface area contributed by atoms with Crippen LogP contribution in [-0.2, 0) is 14.8 Å². The Kier molecular flexibility index (Phi) is 6.49. The Morgan fingerprint density at radius 1 is 1.39 bits per heavy atom. The number of hydrogen-bond donors (Lipinski definition) is 2. The number of benzene rings is 1. The van der Waals surface area contributed by atoms with E-state index in [0.717, 1.165) is 4.88 Å². The van der Waals surface area contributed by atoms with E-state index in [9.17, 15) is 22.7 Å². The van der Waals surface area contributed by atoms with Crippen LogP contribution in [0.2, 0.25) is 0 Å². The molecule has 152 valence electrons. The lowest BCUT2D eigenvalue weighted by molar-refractivity contribution is -0.126. The Bertz CT molecular complexity index is 945. The zero-order valence-electron chi connectivity index (χ0n) is 15.5. The average molecular weight is 427 g/mol. The quantitative estimate of drug-likeness (QED) is 0.743. The Morgan fingerprint density at radius 3 is 2.86 bits per heavy atom. The van der Waals surface area contributed by atoms with E-state index in [0.29, 0.717) is 24.9 Å². The van der Waals surface area contributed by atoms with Crippen LogP contribution in [0.15, 0.2) is 40.6 Å². The molecule has 3 rings (SSSR count). The molecule has 9 heteroatoms. The van der Waals surface area contributed by atoms with Gasteiger partial charge in [0.15, 0.2) is 0 Å². The van der Waals surface area contributed by atoms with Crippen LogP contribution in [0.1, 0.15) is 29.4 Å². The number of carbonyl (C=O) groups excluding carboxylic acids is 1. The van der Waals surface area contributed by atoms with Gasteiger partial charge in [-0.1, -0.05) is 12.1 Å². The first-order chi connectivity index (χ1) is 13.3. The van der Waals surface area contributed by atoms with Crippen LogP contribution < -0.4 is 5.32 Å². The van der Waals surface area contributed by atoms with Crippen molar-refractivity contribution < 1.29 is 22.7 Å². The summed E-state index contributed by atoms with van der Waals surface area (Å²) in [5.41, 5.74) is 0.376.